The Kier molecular flexibility index (Phi) is 4.49. The number of nitrogens with zero attached hydrogens (tertiary/aromatic N) is 1. The normalized spacial score (nSPS) is 12.6. The highest BCUT2D eigenvalue weighted by atomic mass is 79.9. The molecule has 1 atom stereocenters. The van der Waals surface area contributed by atoms with Gasteiger partial charge in [-0.25, -0.2) is 4.39 Å². The fourth-order valence-corrected chi connectivity index (χ4v) is 2.28. The van der Waals surface area contributed by atoms with Crippen LogP contribution in [-0.2, 0) is 0 Å². The minimum absolute atomic E-state index is 0.235. The lowest BCUT2D eigenvalue weighted by Gasteiger charge is -2.18. The summed E-state index contributed by atoms with van der Waals surface area (Å²) in [7, 11) is 0. The second kappa shape index (κ2) is 6.11. The number of pyridine rings is 1. The molecule has 0 bridgehead atoms. The molecule has 3 nitrogen and oxygen atoms in total. The van der Waals surface area contributed by atoms with Gasteiger partial charge < -0.3 is 9.73 Å². The van der Waals surface area contributed by atoms with Gasteiger partial charge in [-0.15, -0.1) is 0 Å². The van der Waals surface area contributed by atoms with Crippen molar-refractivity contribution in [1.29, 1.82) is 0 Å². The van der Waals surface area contributed by atoms with Gasteiger partial charge in [-0.05, 0) is 41.0 Å². The van der Waals surface area contributed by atoms with Gasteiger partial charge in [0.25, 0.3) is 0 Å². The number of aromatic nitrogens is 1. The summed E-state index contributed by atoms with van der Waals surface area (Å²) in [4.78, 5) is 3.77. The van der Waals surface area contributed by atoms with Gasteiger partial charge in [0.1, 0.15) is 5.82 Å². The third-order valence-electron chi connectivity index (χ3n) is 2.67. The van der Waals surface area contributed by atoms with Crippen molar-refractivity contribution in [2.45, 2.75) is 19.4 Å². The molecule has 0 spiro atoms. The average Bonchev–Trinajstić information content (AvgIpc) is 2.78. The minimum Gasteiger partial charge on any atom is -0.457 e. The summed E-state index contributed by atoms with van der Waals surface area (Å²) in [5, 5.41) is 3.31. The van der Waals surface area contributed by atoms with Gasteiger partial charge in [0, 0.05) is 17.3 Å². The summed E-state index contributed by atoms with van der Waals surface area (Å²) in [6.45, 7) is 2.86. The van der Waals surface area contributed by atoms with Crippen LogP contribution in [0.2, 0.25) is 0 Å². The molecule has 0 aliphatic carbocycles. The summed E-state index contributed by atoms with van der Waals surface area (Å²) in [6, 6.07) is 3.28. The average molecular weight is 313 g/mol. The first kappa shape index (κ1) is 13.2. The molecule has 1 unspecified atom stereocenters. The van der Waals surface area contributed by atoms with Gasteiger partial charge in [0.15, 0.2) is 4.67 Å². The number of furan rings is 1. The van der Waals surface area contributed by atoms with E-state index in [1.165, 1.54) is 6.20 Å². The van der Waals surface area contributed by atoms with Crippen molar-refractivity contribution in [1.82, 2.24) is 10.3 Å². The molecule has 0 aromatic carbocycles. The van der Waals surface area contributed by atoms with Crippen LogP contribution in [0.5, 0.6) is 0 Å². The smallest absolute Gasteiger partial charge is 0.174 e. The Morgan fingerprint density at radius 3 is 2.89 bits per heavy atom. The number of nitrogens with one attached hydrogen (secondary N) is 1. The molecule has 0 fully saturated rings. The minimum atomic E-state index is -0.320. The molecule has 1 N–H and O–H groups in total. The number of halogens is 2. The lowest BCUT2D eigenvalue weighted by molar-refractivity contribution is 0.512. The molecule has 18 heavy (non-hydrogen) atoms. The molecular weight excluding hydrogens is 299 g/mol. The lowest BCUT2D eigenvalue weighted by atomic mass is 10.0. The highest BCUT2D eigenvalue weighted by Crippen LogP contribution is 2.30. The second-order valence-corrected chi connectivity index (χ2v) is 4.65. The zero-order valence-corrected chi connectivity index (χ0v) is 11.6. The molecular formula is C13H14BrFN2O. The van der Waals surface area contributed by atoms with E-state index in [0.717, 1.165) is 18.5 Å². The van der Waals surface area contributed by atoms with Gasteiger partial charge in [0.2, 0.25) is 0 Å². The molecule has 0 saturated carbocycles. The van der Waals surface area contributed by atoms with Crippen LogP contribution in [0.25, 0.3) is 0 Å². The molecule has 0 aliphatic rings. The van der Waals surface area contributed by atoms with Gasteiger partial charge in [-0.2, -0.15) is 0 Å². The molecule has 0 saturated heterocycles. The van der Waals surface area contributed by atoms with Crippen LogP contribution in [0, 0.1) is 5.82 Å². The van der Waals surface area contributed by atoms with Crippen molar-refractivity contribution in [3.05, 3.63) is 52.4 Å². The van der Waals surface area contributed by atoms with Crippen molar-refractivity contribution in [3.63, 3.8) is 0 Å². The maximum absolute atomic E-state index is 13.8. The van der Waals surface area contributed by atoms with E-state index in [1.807, 2.05) is 6.07 Å². The number of rotatable bonds is 5. The van der Waals surface area contributed by atoms with Crippen molar-refractivity contribution < 1.29 is 8.81 Å². The number of hydrogen-bond acceptors (Lipinski definition) is 3. The maximum atomic E-state index is 13.8. The van der Waals surface area contributed by atoms with E-state index in [0.29, 0.717) is 10.2 Å². The molecule has 0 radical (unpaired) electrons. The fourth-order valence-electron chi connectivity index (χ4n) is 1.81. The Labute approximate surface area is 114 Å². The summed E-state index contributed by atoms with van der Waals surface area (Å²) in [6.07, 6.45) is 5.37. The van der Waals surface area contributed by atoms with E-state index in [-0.39, 0.29) is 11.9 Å². The Morgan fingerprint density at radius 1 is 1.44 bits per heavy atom. The summed E-state index contributed by atoms with van der Waals surface area (Å²) in [5.74, 6) is -0.320. The van der Waals surface area contributed by atoms with Gasteiger partial charge >= 0.3 is 0 Å². The largest absolute Gasteiger partial charge is 0.457 e. The van der Waals surface area contributed by atoms with E-state index < -0.39 is 0 Å². The van der Waals surface area contributed by atoms with Crippen LogP contribution in [-0.4, -0.2) is 11.5 Å². The standard InChI is InChI=1S/C13H14BrFN2O/c1-2-5-17-12(10-4-7-18-13(10)14)9-3-6-16-8-11(9)15/h3-4,6-8,12,17H,2,5H2,1H3. The van der Waals surface area contributed by atoms with Crippen LogP contribution >= 0.6 is 15.9 Å². The molecule has 2 aromatic heterocycles. The number of hydrogen-bond donors (Lipinski definition) is 1. The zero-order valence-electron chi connectivity index (χ0n) is 9.99. The Balaban J connectivity index is 2.37. The first-order valence-electron chi connectivity index (χ1n) is 5.79. The van der Waals surface area contributed by atoms with E-state index in [4.69, 9.17) is 4.42 Å². The topological polar surface area (TPSA) is 38.1 Å². The monoisotopic (exact) mass is 312 g/mol. The quantitative estimate of drug-likeness (QED) is 0.915. The summed E-state index contributed by atoms with van der Waals surface area (Å²) in [5.41, 5.74) is 1.45. The van der Waals surface area contributed by atoms with E-state index in [1.54, 1.807) is 18.5 Å². The van der Waals surface area contributed by atoms with Crippen LogP contribution in [0.3, 0.4) is 0 Å². The Bertz CT molecular complexity index is 515. The molecule has 0 amide bonds. The Morgan fingerprint density at radius 2 is 2.28 bits per heavy atom. The van der Waals surface area contributed by atoms with Crippen LogP contribution in [0.1, 0.15) is 30.5 Å². The molecule has 0 aliphatic heterocycles. The van der Waals surface area contributed by atoms with Crippen molar-refractivity contribution in [2.24, 2.45) is 0 Å². The fraction of sp³-hybridized carbons (Fsp3) is 0.308. The molecule has 5 heteroatoms. The highest BCUT2D eigenvalue weighted by Gasteiger charge is 2.21. The zero-order chi connectivity index (χ0) is 13.0. The second-order valence-electron chi connectivity index (χ2n) is 3.93. The van der Waals surface area contributed by atoms with Crippen LogP contribution < -0.4 is 5.32 Å². The highest BCUT2D eigenvalue weighted by molar-refractivity contribution is 9.10. The predicted molar refractivity (Wildman–Crippen MR) is 70.7 cm³/mol. The SMILES string of the molecule is CCCNC(c1ccncc1F)c1ccoc1Br. The van der Waals surface area contributed by atoms with E-state index >= 15 is 0 Å². The lowest BCUT2D eigenvalue weighted by Crippen LogP contribution is -2.24. The summed E-state index contributed by atoms with van der Waals surface area (Å²) >= 11 is 3.34. The van der Waals surface area contributed by atoms with Crippen LogP contribution in [0.15, 0.2) is 39.9 Å². The molecule has 2 rings (SSSR count). The van der Waals surface area contributed by atoms with Crippen LogP contribution in [0.4, 0.5) is 4.39 Å². The first-order valence-corrected chi connectivity index (χ1v) is 6.59. The third-order valence-corrected chi connectivity index (χ3v) is 3.32. The van der Waals surface area contributed by atoms with E-state index in [9.17, 15) is 4.39 Å². The van der Waals surface area contributed by atoms with Crippen molar-refractivity contribution >= 4 is 15.9 Å². The summed E-state index contributed by atoms with van der Waals surface area (Å²) < 4.78 is 19.7. The van der Waals surface area contributed by atoms with Crippen molar-refractivity contribution in [2.75, 3.05) is 6.54 Å². The first-order chi connectivity index (χ1) is 8.74. The van der Waals surface area contributed by atoms with Gasteiger partial charge in [0.05, 0.1) is 18.5 Å². The molecule has 2 aromatic rings. The molecule has 2 heterocycles. The third kappa shape index (κ3) is 2.79. The predicted octanol–water partition coefficient (Wildman–Crippen LogP) is 3.67. The van der Waals surface area contributed by atoms with Gasteiger partial charge in [-0.1, -0.05) is 6.92 Å². The Hall–Kier alpha value is -1.20. The van der Waals surface area contributed by atoms with Gasteiger partial charge in [-0.3, -0.25) is 4.98 Å². The maximum Gasteiger partial charge on any atom is 0.174 e. The van der Waals surface area contributed by atoms with E-state index in [2.05, 4.69) is 33.2 Å². The van der Waals surface area contributed by atoms with Crippen molar-refractivity contribution in [3.8, 4) is 0 Å². The molecule has 96 valence electrons.